The highest BCUT2D eigenvalue weighted by Crippen LogP contribution is 2.12. The van der Waals surface area contributed by atoms with Gasteiger partial charge in [-0.05, 0) is 19.1 Å². The van der Waals surface area contributed by atoms with E-state index < -0.39 is 0 Å². The van der Waals surface area contributed by atoms with Crippen LogP contribution in [0.25, 0.3) is 0 Å². The molecule has 1 aromatic rings. The van der Waals surface area contributed by atoms with Gasteiger partial charge in [0, 0.05) is 45.5 Å². The number of carbonyl (C=O) groups excluding carboxylic acids is 1. The molecule has 1 aromatic heterocycles. The largest absolute Gasteiger partial charge is 0.383 e. The molecule has 1 amide bonds. The molecule has 0 saturated carbocycles. The normalized spacial score (nSPS) is 17.5. The quantitative estimate of drug-likeness (QED) is 0.820. The topological polar surface area (TPSA) is 57.7 Å². The zero-order valence-corrected chi connectivity index (χ0v) is 12.8. The third-order valence-corrected chi connectivity index (χ3v) is 3.54. The lowest BCUT2D eigenvalue weighted by Gasteiger charge is -2.35. The number of piperazine rings is 1. The number of hydrogen-bond acceptors (Lipinski definition) is 5. The monoisotopic (exact) mass is 292 g/mol. The predicted molar refractivity (Wildman–Crippen MR) is 82.4 cm³/mol. The molecule has 6 heteroatoms. The van der Waals surface area contributed by atoms with Crippen molar-refractivity contribution in [1.82, 2.24) is 15.2 Å². The summed E-state index contributed by atoms with van der Waals surface area (Å²) in [6, 6.07) is 6.00. The lowest BCUT2D eigenvalue weighted by atomic mass is 10.3. The first kappa shape index (κ1) is 15.7. The zero-order valence-electron chi connectivity index (χ0n) is 12.8. The number of nitrogens with one attached hydrogen (secondary N) is 1. The van der Waals surface area contributed by atoms with Gasteiger partial charge in [0.05, 0.1) is 13.2 Å². The average Bonchev–Trinajstić information content (AvgIpc) is 2.49. The van der Waals surface area contributed by atoms with Crippen molar-refractivity contribution in [2.45, 2.75) is 13.0 Å². The first-order valence-electron chi connectivity index (χ1n) is 7.35. The van der Waals surface area contributed by atoms with E-state index in [1.807, 2.05) is 31.3 Å². The molecule has 1 aliphatic heterocycles. The van der Waals surface area contributed by atoms with Gasteiger partial charge in [0.25, 0.3) is 0 Å². The van der Waals surface area contributed by atoms with Crippen LogP contribution in [0.5, 0.6) is 0 Å². The number of ether oxygens (including phenoxy) is 1. The summed E-state index contributed by atoms with van der Waals surface area (Å²) in [4.78, 5) is 20.7. The lowest BCUT2D eigenvalue weighted by Crippen LogP contribution is -2.50. The molecular weight excluding hydrogens is 268 g/mol. The molecule has 116 valence electrons. The maximum atomic E-state index is 11.9. The number of hydrogen-bond donors (Lipinski definition) is 1. The predicted octanol–water partition coefficient (Wildman–Crippen LogP) is 0.355. The minimum absolute atomic E-state index is 0.0531. The van der Waals surface area contributed by atoms with Gasteiger partial charge in [-0.2, -0.15) is 0 Å². The maximum absolute atomic E-state index is 11.9. The van der Waals surface area contributed by atoms with Crippen molar-refractivity contribution in [2.24, 2.45) is 0 Å². The average molecular weight is 292 g/mol. The van der Waals surface area contributed by atoms with E-state index >= 15 is 0 Å². The molecule has 0 bridgehead atoms. The van der Waals surface area contributed by atoms with Crippen molar-refractivity contribution in [1.29, 1.82) is 0 Å². The van der Waals surface area contributed by atoms with E-state index in [4.69, 9.17) is 4.74 Å². The number of amides is 1. The van der Waals surface area contributed by atoms with Gasteiger partial charge in [0.2, 0.25) is 5.91 Å². The molecule has 1 saturated heterocycles. The van der Waals surface area contributed by atoms with Gasteiger partial charge in [0.15, 0.2) is 0 Å². The van der Waals surface area contributed by atoms with Crippen LogP contribution >= 0.6 is 0 Å². The van der Waals surface area contributed by atoms with Crippen LogP contribution in [0.2, 0.25) is 0 Å². The minimum Gasteiger partial charge on any atom is -0.383 e. The molecule has 0 aliphatic carbocycles. The molecule has 21 heavy (non-hydrogen) atoms. The highest BCUT2D eigenvalue weighted by Gasteiger charge is 2.20. The molecule has 1 atom stereocenters. The summed E-state index contributed by atoms with van der Waals surface area (Å²) >= 11 is 0. The van der Waals surface area contributed by atoms with Gasteiger partial charge < -0.3 is 15.0 Å². The first-order valence-corrected chi connectivity index (χ1v) is 7.35. The third kappa shape index (κ3) is 4.99. The zero-order chi connectivity index (χ0) is 15.1. The van der Waals surface area contributed by atoms with Crippen LogP contribution in [0, 0.1) is 0 Å². The molecule has 0 aromatic carbocycles. The summed E-state index contributed by atoms with van der Waals surface area (Å²) in [5.74, 6) is 1.07. The van der Waals surface area contributed by atoms with Crippen LogP contribution in [0.1, 0.15) is 6.92 Å². The van der Waals surface area contributed by atoms with Crippen molar-refractivity contribution in [2.75, 3.05) is 51.3 Å². The second kappa shape index (κ2) is 7.95. The smallest absolute Gasteiger partial charge is 0.234 e. The van der Waals surface area contributed by atoms with Crippen LogP contribution in [-0.4, -0.2) is 68.3 Å². The van der Waals surface area contributed by atoms with Crippen LogP contribution in [0.4, 0.5) is 5.82 Å². The highest BCUT2D eigenvalue weighted by molar-refractivity contribution is 5.78. The molecule has 0 radical (unpaired) electrons. The summed E-state index contributed by atoms with van der Waals surface area (Å²) in [6.45, 7) is 6.49. The summed E-state index contributed by atoms with van der Waals surface area (Å²) in [7, 11) is 1.64. The van der Waals surface area contributed by atoms with Gasteiger partial charge in [-0.3, -0.25) is 9.69 Å². The number of aromatic nitrogens is 1. The third-order valence-electron chi connectivity index (χ3n) is 3.54. The molecule has 0 spiro atoms. The Balaban J connectivity index is 1.73. The Bertz CT molecular complexity index is 433. The number of nitrogens with zero attached hydrogens (tertiary/aromatic N) is 3. The Kier molecular flexibility index (Phi) is 5.95. The molecule has 1 fully saturated rings. The first-order chi connectivity index (χ1) is 10.2. The summed E-state index contributed by atoms with van der Waals surface area (Å²) in [6.07, 6.45) is 1.81. The Morgan fingerprint density at radius 1 is 1.38 bits per heavy atom. The minimum atomic E-state index is 0.0531. The van der Waals surface area contributed by atoms with Crippen LogP contribution in [-0.2, 0) is 9.53 Å². The maximum Gasteiger partial charge on any atom is 0.234 e. The molecule has 1 N–H and O–H groups in total. The van der Waals surface area contributed by atoms with E-state index in [0.29, 0.717) is 13.2 Å². The molecular formula is C15H24N4O2. The van der Waals surface area contributed by atoms with Gasteiger partial charge in [-0.25, -0.2) is 4.98 Å². The van der Waals surface area contributed by atoms with Crippen molar-refractivity contribution in [3.63, 3.8) is 0 Å². The highest BCUT2D eigenvalue weighted by atomic mass is 16.5. The van der Waals surface area contributed by atoms with E-state index in [1.165, 1.54) is 0 Å². The van der Waals surface area contributed by atoms with Crippen LogP contribution < -0.4 is 10.2 Å². The van der Waals surface area contributed by atoms with Crippen molar-refractivity contribution >= 4 is 11.7 Å². The van der Waals surface area contributed by atoms with E-state index in [2.05, 4.69) is 20.1 Å². The Morgan fingerprint density at radius 2 is 2.14 bits per heavy atom. The fourth-order valence-corrected chi connectivity index (χ4v) is 2.49. The summed E-state index contributed by atoms with van der Waals surface area (Å²) in [5.41, 5.74) is 0. The number of carbonyl (C=O) groups is 1. The fourth-order valence-electron chi connectivity index (χ4n) is 2.49. The van der Waals surface area contributed by atoms with Crippen LogP contribution in [0.15, 0.2) is 24.4 Å². The van der Waals surface area contributed by atoms with E-state index in [0.717, 1.165) is 32.0 Å². The van der Waals surface area contributed by atoms with E-state index in [9.17, 15) is 4.79 Å². The second-order valence-electron chi connectivity index (χ2n) is 5.38. The molecule has 1 aliphatic rings. The SMILES string of the molecule is COCC(C)NC(=O)CN1CCN(c2ccccn2)CC1. The Labute approximate surface area is 126 Å². The lowest BCUT2D eigenvalue weighted by molar-refractivity contribution is -0.123. The summed E-state index contributed by atoms with van der Waals surface area (Å²) in [5, 5.41) is 2.94. The molecule has 2 rings (SSSR count). The number of anilines is 1. The standard InChI is InChI=1S/C15H24N4O2/c1-13(12-21-2)17-15(20)11-18-7-9-19(10-8-18)14-5-3-4-6-16-14/h3-6,13H,7-12H2,1-2H3,(H,17,20). The van der Waals surface area contributed by atoms with Crippen molar-refractivity contribution < 1.29 is 9.53 Å². The van der Waals surface area contributed by atoms with E-state index in [1.54, 1.807) is 7.11 Å². The van der Waals surface area contributed by atoms with Crippen molar-refractivity contribution in [3.8, 4) is 0 Å². The Morgan fingerprint density at radius 3 is 2.76 bits per heavy atom. The van der Waals surface area contributed by atoms with Crippen LogP contribution in [0.3, 0.4) is 0 Å². The molecule has 6 nitrogen and oxygen atoms in total. The number of rotatable bonds is 6. The number of methoxy groups -OCH3 is 1. The Hall–Kier alpha value is -1.66. The van der Waals surface area contributed by atoms with Gasteiger partial charge >= 0.3 is 0 Å². The van der Waals surface area contributed by atoms with E-state index in [-0.39, 0.29) is 11.9 Å². The summed E-state index contributed by atoms with van der Waals surface area (Å²) < 4.78 is 5.02. The molecule has 1 unspecified atom stereocenters. The second-order valence-corrected chi connectivity index (χ2v) is 5.38. The fraction of sp³-hybridized carbons (Fsp3) is 0.600. The number of pyridine rings is 1. The molecule has 2 heterocycles. The van der Waals surface area contributed by atoms with Gasteiger partial charge in [0.1, 0.15) is 5.82 Å². The van der Waals surface area contributed by atoms with Gasteiger partial charge in [-0.1, -0.05) is 6.07 Å². The van der Waals surface area contributed by atoms with Crippen molar-refractivity contribution in [3.05, 3.63) is 24.4 Å². The van der Waals surface area contributed by atoms with Gasteiger partial charge in [-0.15, -0.1) is 0 Å².